The van der Waals surface area contributed by atoms with Gasteiger partial charge in [0.25, 0.3) is 0 Å². The third-order valence-electron chi connectivity index (χ3n) is 5.05. The zero-order valence-electron chi connectivity index (χ0n) is 17.2. The number of amides is 1. The molecule has 0 saturated heterocycles. The maximum absolute atomic E-state index is 12.8. The second-order valence-electron chi connectivity index (χ2n) is 7.03. The van der Waals surface area contributed by atoms with Crippen LogP contribution in [-0.2, 0) is 11.3 Å². The molecular weight excluding hydrogens is 402 g/mol. The maximum Gasteiger partial charge on any atom is 0.233 e. The van der Waals surface area contributed by atoms with E-state index in [1.54, 1.807) is 9.58 Å². The fourth-order valence-electron chi connectivity index (χ4n) is 3.14. The number of carbonyl (C=O) groups excluding carboxylic acids is 1. The first-order valence-electron chi connectivity index (χ1n) is 9.70. The van der Waals surface area contributed by atoms with E-state index in [1.165, 1.54) is 17.3 Å². The Labute approximate surface area is 179 Å². The molecule has 3 aromatic rings. The van der Waals surface area contributed by atoms with Crippen molar-refractivity contribution in [2.24, 2.45) is 0 Å². The molecule has 156 valence electrons. The van der Waals surface area contributed by atoms with Gasteiger partial charge < -0.3 is 14.4 Å². The van der Waals surface area contributed by atoms with Crippen LogP contribution in [0, 0.1) is 13.8 Å². The number of aryl methyl sites for hydroxylation is 2. The Morgan fingerprint density at radius 1 is 1.13 bits per heavy atom. The minimum Gasteiger partial charge on any atom is -0.454 e. The number of benzene rings is 2. The van der Waals surface area contributed by atoms with Crippen molar-refractivity contribution in [2.75, 3.05) is 19.1 Å². The Morgan fingerprint density at radius 2 is 1.97 bits per heavy atom. The van der Waals surface area contributed by atoms with E-state index in [-0.39, 0.29) is 18.5 Å². The first kappa shape index (κ1) is 20.2. The van der Waals surface area contributed by atoms with E-state index >= 15 is 0 Å². The lowest BCUT2D eigenvalue weighted by Gasteiger charge is -2.21. The maximum atomic E-state index is 12.8. The van der Waals surface area contributed by atoms with Crippen LogP contribution in [0.25, 0.3) is 5.69 Å². The van der Waals surface area contributed by atoms with Gasteiger partial charge in [-0.1, -0.05) is 23.9 Å². The van der Waals surface area contributed by atoms with Gasteiger partial charge in [-0.05, 0) is 72.2 Å². The zero-order chi connectivity index (χ0) is 21.1. The second-order valence-corrected chi connectivity index (χ2v) is 7.97. The molecule has 2 heterocycles. The normalized spacial score (nSPS) is 12.2. The average molecular weight is 426 g/mol. The van der Waals surface area contributed by atoms with Gasteiger partial charge in [0.05, 0.1) is 11.4 Å². The van der Waals surface area contributed by atoms with Crippen molar-refractivity contribution in [3.8, 4) is 17.2 Å². The molecule has 0 unspecified atom stereocenters. The second kappa shape index (κ2) is 8.74. The summed E-state index contributed by atoms with van der Waals surface area (Å²) in [5.41, 5.74) is 4.25. The number of hydrogen-bond donors (Lipinski definition) is 0. The summed E-state index contributed by atoms with van der Waals surface area (Å²) >= 11 is 1.33. The average Bonchev–Trinajstić information content (AvgIpc) is 3.41. The van der Waals surface area contributed by atoms with Crippen LogP contribution in [0.5, 0.6) is 11.5 Å². The number of fused-ring (bicyclic) bond motifs is 1. The van der Waals surface area contributed by atoms with Crippen molar-refractivity contribution in [3.05, 3.63) is 53.1 Å². The highest BCUT2D eigenvalue weighted by molar-refractivity contribution is 7.99. The number of rotatable bonds is 7. The number of thioether (sulfide) groups is 1. The monoisotopic (exact) mass is 425 g/mol. The van der Waals surface area contributed by atoms with Gasteiger partial charge in [-0.25, -0.2) is 0 Å². The summed E-state index contributed by atoms with van der Waals surface area (Å²) in [5, 5.41) is 12.5. The van der Waals surface area contributed by atoms with E-state index in [4.69, 9.17) is 9.47 Å². The van der Waals surface area contributed by atoms with Gasteiger partial charge in [-0.15, -0.1) is 5.10 Å². The topological polar surface area (TPSA) is 82.4 Å². The van der Waals surface area contributed by atoms with Gasteiger partial charge >= 0.3 is 0 Å². The predicted octanol–water partition coefficient (Wildman–Crippen LogP) is 3.15. The summed E-state index contributed by atoms with van der Waals surface area (Å²) in [4.78, 5) is 14.6. The molecule has 4 rings (SSSR count). The minimum atomic E-state index is 0.0230. The lowest BCUT2D eigenvalue weighted by molar-refractivity contribution is -0.128. The van der Waals surface area contributed by atoms with Crippen LogP contribution >= 0.6 is 11.8 Å². The number of aromatic nitrogens is 4. The third-order valence-corrected chi connectivity index (χ3v) is 5.95. The fourth-order valence-corrected chi connectivity index (χ4v) is 3.94. The molecular formula is C21H23N5O3S. The van der Waals surface area contributed by atoms with E-state index in [1.807, 2.05) is 43.3 Å². The van der Waals surface area contributed by atoms with Crippen LogP contribution in [-0.4, -0.2) is 50.1 Å². The number of nitrogens with zero attached hydrogens (tertiary/aromatic N) is 5. The van der Waals surface area contributed by atoms with Crippen LogP contribution < -0.4 is 9.47 Å². The van der Waals surface area contributed by atoms with Crippen molar-refractivity contribution in [2.45, 2.75) is 32.5 Å². The van der Waals surface area contributed by atoms with Crippen molar-refractivity contribution < 1.29 is 14.3 Å². The van der Waals surface area contributed by atoms with Crippen molar-refractivity contribution in [1.82, 2.24) is 25.1 Å². The molecule has 8 nitrogen and oxygen atoms in total. The van der Waals surface area contributed by atoms with Gasteiger partial charge in [-0.3, -0.25) is 4.79 Å². The molecule has 0 saturated carbocycles. The number of carbonyl (C=O) groups is 1. The summed E-state index contributed by atoms with van der Waals surface area (Å²) in [7, 11) is 0. The molecule has 0 aliphatic carbocycles. The van der Waals surface area contributed by atoms with Gasteiger partial charge in [0.2, 0.25) is 17.9 Å². The van der Waals surface area contributed by atoms with Crippen LogP contribution in [0.3, 0.4) is 0 Å². The summed E-state index contributed by atoms with van der Waals surface area (Å²) in [6, 6.07) is 11.8. The van der Waals surface area contributed by atoms with Gasteiger partial charge in [0.15, 0.2) is 11.5 Å². The van der Waals surface area contributed by atoms with Crippen LogP contribution in [0.1, 0.15) is 23.6 Å². The van der Waals surface area contributed by atoms with E-state index in [9.17, 15) is 4.79 Å². The Hall–Kier alpha value is -3.07. The summed E-state index contributed by atoms with van der Waals surface area (Å²) in [5.74, 6) is 1.73. The first-order valence-corrected chi connectivity index (χ1v) is 10.7. The quantitative estimate of drug-likeness (QED) is 0.538. The highest BCUT2D eigenvalue weighted by atomic mass is 32.2. The molecule has 2 aromatic carbocycles. The molecule has 0 radical (unpaired) electrons. The number of tetrazole rings is 1. The Morgan fingerprint density at radius 3 is 2.77 bits per heavy atom. The molecule has 0 fully saturated rings. The molecule has 30 heavy (non-hydrogen) atoms. The molecule has 0 atom stereocenters. The summed E-state index contributed by atoms with van der Waals surface area (Å²) < 4.78 is 12.4. The number of hydrogen-bond acceptors (Lipinski definition) is 7. The van der Waals surface area contributed by atoms with E-state index in [0.717, 1.165) is 28.3 Å². The highest BCUT2D eigenvalue weighted by Gasteiger charge is 2.18. The summed E-state index contributed by atoms with van der Waals surface area (Å²) in [6.45, 7) is 7.43. The van der Waals surface area contributed by atoms with Crippen molar-refractivity contribution in [3.63, 3.8) is 0 Å². The lowest BCUT2D eigenvalue weighted by Crippen LogP contribution is -2.31. The number of ether oxygens (including phenoxy) is 2. The largest absolute Gasteiger partial charge is 0.454 e. The highest BCUT2D eigenvalue weighted by Crippen LogP contribution is 2.33. The zero-order valence-corrected chi connectivity index (χ0v) is 18.0. The first-order chi connectivity index (χ1) is 14.5. The van der Waals surface area contributed by atoms with Crippen LogP contribution in [0.2, 0.25) is 0 Å². The molecule has 9 heteroatoms. The molecule has 1 aliphatic rings. The molecule has 1 amide bonds. The smallest absolute Gasteiger partial charge is 0.233 e. The minimum absolute atomic E-state index is 0.0230. The molecule has 0 N–H and O–H groups in total. The third kappa shape index (κ3) is 4.25. The molecule has 0 bridgehead atoms. The van der Waals surface area contributed by atoms with Crippen LogP contribution in [0.15, 0.2) is 41.6 Å². The Bertz CT molecular complexity index is 1070. The van der Waals surface area contributed by atoms with Crippen molar-refractivity contribution >= 4 is 17.7 Å². The van der Waals surface area contributed by atoms with Gasteiger partial charge in [-0.2, -0.15) is 4.68 Å². The SMILES string of the molecule is CCN(Cc1ccc2c(c1)OCO2)C(=O)CSc1nnnn1-c1ccc(C)c(C)c1. The summed E-state index contributed by atoms with van der Waals surface area (Å²) in [6.07, 6.45) is 0. The molecule has 1 aromatic heterocycles. The van der Waals surface area contributed by atoms with E-state index < -0.39 is 0 Å². The molecule has 0 spiro atoms. The predicted molar refractivity (Wildman–Crippen MR) is 113 cm³/mol. The Balaban J connectivity index is 1.41. The van der Waals surface area contributed by atoms with E-state index in [0.29, 0.717) is 18.2 Å². The van der Waals surface area contributed by atoms with Gasteiger partial charge in [0.1, 0.15) is 0 Å². The Kier molecular flexibility index (Phi) is 5.89. The van der Waals surface area contributed by atoms with E-state index in [2.05, 4.69) is 29.4 Å². The standard InChI is InChI=1S/C21H23N5O3S/c1-4-25(11-16-6-8-18-19(10-16)29-13-28-18)20(27)12-30-21-22-23-24-26(21)17-7-5-14(2)15(3)9-17/h5-10H,4,11-13H2,1-3H3. The van der Waals surface area contributed by atoms with Gasteiger partial charge in [0, 0.05) is 13.1 Å². The van der Waals surface area contributed by atoms with Crippen LogP contribution in [0.4, 0.5) is 0 Å². The fraction of sp³-hybridized carbons (Fsp3) is 0.333. The molecule has 1 aliphatic heterocycles. The van der Waals surface area contributed by atoms with Crippen molar-refractivity contribution in [1.29, 1.82) is 0 Å². The lowest BCUT2D eigenvalue weighted by atomic mass is 10.1.